The fourth-order valence-electron chi connectivity index (χ4n) is 2.79. The molecule has 1 aromatic heterocycles. The van der Waals surface area contributed by atoms with Crippen molar-refractivity contribution in [3.8, 4) is 0 Å². The standard InChI is InChI=1S/C20H20ClN5O2/c1-26-11-10-23-18(26)17(14-6-8-16(21)9-7-14)25-19(27)15-4-2-13(3-5-15)12-24-20(22)28/h2-11,17H,12H2,1H3,(H,25,27)(H3,22,24,28). The molecule has 1 atom stereocenters. The molecule has 0 aliphatic rings. The van der Waals surface area contributed by atoms with Crippen LogP contribution in [0.25, 0.3) is 0 Å². The Morgan fingerprint density at radius 2 is 1.82 bits per heavy atom. The second-order valence-corrected chi connectivity index (χ2v) is 6.71. The number of rotatable bonds is 6. The number of benzene rings is 2. The van der Waals surface area contributed by atoms with Crippen molar-refractivity contribution in [2.24, 2.45) is 12.8 Å². The number of imidazole rings is 1. The largest absolute Gasteiger partial charge is 0.352 e. The molecule has 0 aliphatic heterocycles. The van der Waals surface area contributed by atoms with Gasteiger partial charge in [0.25, 0.3) is 5.91 Å². The fourth-order valence-corrected chi connectivity index (χ4v) is 2.91. The van der Waals surface area contributed by atoms with Crippen LogP contribution in [0.15, 0.2) is 60.9 Å². The molecule has 0 spiro atoms. The fraction of sp³-hybridized carbons (Fsp3) is 0.150. The van der Waals surface area contributed by atoms with E-state index in [4.69, 9.17) is 17.3 Å². The number of urea groups is 1. The molecule has 2 aromatic carbocycles. The first kappa shape index (κ1) is 19.4. The van der Waals surface area contributed by atoms with Crippen molar-refractivity contribution < 1.29 is 9.59 Å². The summed E-state index contributed by atoms with van der Waals surface area (Å²) < 4.78 is 1.86. The predicted octanol–water partition coefficient (Wildman–Crippen LogP) is 2.76. The molecule has 0 bridgehead atoms. The number of hydrogen-bond donors (Lipinski definition) is 3. The molecule has 1 heterocycles. The maximum atomic E-state index is 12.8. The van der Waals surface area contributed by atoms with Crippen LogP contribution in [0.5, 0.6) is 0 Å². The Bertz CT molecular complexity index is 967. The van der Waals surface area contributed by atoms with E-state index in [1.807, 2.05) is 29.9 Å². The number of hydrogen-bond acceptors (Lipinski definition) is 3. The zero-order valence-corrected chi connectivity index (χ0v) is 16.0. The lowest BCUT2D eigenvalue weighted by atomic mass is 10.0. The molecule has 144 valence electrons. The Labute approximate surface area is 167 Å². The molecular formula is C20H20ClN5O2. The highest BCUT2D eigenvalue weighted by atomic mass is 35.5. The van der Waals surface area contributed by atoms with Crippen LogP contribution in [0.3, 0.4) is 0 Å². The molecule has 0 radical (unpaired) electrons. The lowest BCUT2D eigenvalue weighted by molar-refractivity contribution is 0.0941. The quantitative estimate of drug-likeness (QED) is 0.596. The van der Waals surface area contributed by atoms with Crippen molar-refractivity contribution in [2.75, 3.05) is 0 Å². The van der Waals surface area contributed by atoms with Gasteiger partial charge in [-0.15, -0.1) is 0 Å². The summed E-state index contributed by atoms with van der Waals surface area (Å²) in [7, 11) is 1.87. The summed E-state index contributed by atoms with van der Waals surface area (Å²) in [6.45, 7) is 0.303. The summed E-state index contributed by atoms with van der Waals surface area (Å²) in [5, 5.41) is 6.16. The summed E-state index contributed by atoms with van der Waals surface area (Å²) in [6.07, 6.45) is 3.51. The summed E-state index contributed by atoms with van der Waals surface area (Å²) in [6, 6.07) is 13.2. The van der Waals surface area contributed by atoms with Crippen molar-refractivity contribution in [1.82, 2.24) is 20.2 Å². The van der Waals surface area contributed by atoms with Gasteiger partial charge in [0.1, 0.15) is 11.9 Å². The highest BCUT2D eigenvalue weighted by Gasteiger charge is 2.21. The van der Waals surface area contributed by atoms with Crippen LogP contribution >= 0.6 is 11.6 Å². The number of carbonyl (C=O) groups is 2. The Balaban J connectivity index is 1.80. The number of aromatic nitrogens is 2. The van der Waals surface area contributed by atoms with Gasteiger partial charge in [0, 0.05) is 36.6 Å². The molecule has 0 saturated heterocycles. The van der Waals surface area contributed by atoms with Crippen molar-refractivity contribution in [3.05, 3.63) is 88.5 Å². The Kier molecular flexibility index (Phi) is 5.96. The normalized spacial score (nSPS) is 11.6. The summed E-state index contributed by atoms with van der Waals surface area (Å²) >= 11 is 5.99. The van der Waals surface area contributed by atoms with Crippen molar-refractivity contribution in [3.63, 3.8) is 0 Å². The minimum absolute atomic E-state index is 0.239. The summed E-state index contributed by atoms with van der Waals surface area (Å²) in [5.74, 6) is 0.468. The van der Waals surface area contributed by atoms with Crippen LogP contribution in [0.4, 0.5) is 4.79 Å². The van der Waals surface area contributed by atoms with Gasteiger partial charge in [-0.2, -0.15) is 0 Å². The number of nitrogens with zero attached hydrogens (tertiary/aromatic N) is 2. The molecule has 3 aromatic rings. The van der Waals surface area contributed by atoms with Gasteiger partial charge in [0.05, 0.1) is 0 Å². The number of nitrogens with two attached hydrogens (primary N) is 1. The third-order valence-electron chi connectivity index (χ3n) is 4.28. The first-order valence-corrected chi connectivity index (χ1v) is 8.97. The molecule has 0 saturated carbocycles. The SMILES string of the molecule is Cn1ccnc1C(NC(=O)c1ccc(CNC(N)=O)cc1)c1ccc(Cl)cc1. The van der Waals surface area contributed by atoms with Crippen LogP contribution in [-0.4, -0.2) is 21.5 Å². The van der Waals surface area contributed by atoms with Crippen LogP contribution in [0.2, 0.25) is 5.02 Å². The van der Waals surface area contributed by atoms with Gasteiger partial charge in [-0.3, -0.25) is 4.79 Å². The van der Waals surface area contributed by atoms with Crippen molar-refractivity contribution >= 4 is 23.5 Å². The third-order valence-corrected chi connectivity index (χ3v) is 4.53. The van der Waals surface area contributed by atoms with Gasteiger partial charge >= 0.3 is 6.03 Å². The number of primary amides is 1. The second kappa shape index (κ2) is 8.58. The van der Waals surface area contributed by atoms with E-state index in [9.17, 15) is 9.59 Å². The van der Waals surface area contributed by atoms with E-state index >= 15 is 0 Å². The van der Waals surface area contributed by atoms with Crippen LogP contribution in [0, 0.1) is 0 Å². The molecule has 8 heteroatoms. The van der Waals surface area contributed by atoms with Gasteiger partial charge in [0.2, 0.25) is 0 Å². The van der Waals surface area contributed by atoms with E-state index in [1.165, 1.54) is 0 Å². The third kappa shape index (κ3) is 4.69. The number of aryl methyl sites for hydroxylation is 1. The summed E-state index contributed by atoms with van der Waals surface area (Å²) in [4.78, 5) is 28.0. The molecule has 0 fully saturated rings. The smallest absolute Gasteiger partial charge is 0.312 e. The maximum absolute atomic E-state index is 12.8. The molecule has 3 amide bonds. The molecule has 7 nitrogen and oxygen atoms in total. The molecule has 3 rings (SSSR count). The number of nitrogens with one attached hydrogen (secondary N) is 2. The van der Waals surface area contributed by atoms with Gasteiger partial charge < -0.3 is 20.9 Å². The van der Waals surface area contributed by atoms with Gasteiger partial charge in [-0.05, 0) is 35.4 Å². The molecule has 28 heavy (non-hydrogen) atoms. The van der Waals surface area contributed by atoms with Crippen molar-refractivity contribution in [2.45, 2.75) is 12.6 Å². The molecule has 1 unspecified atom stereocenters. The number of carbonyl (C=O) groups excluding carboxylic acids is 2. The van der Waals surface area contributed by atoms with E-state index in [0.29, 0.717) is 23.0 Å². The lowest BCUT2D eigenvalue weighted by Crippen LogP contribution is -2.31. The second-order valence-electron chi connectivity index (χ2n) is 6.27. The van der Waals surface area contributed by atoms with Crippen molar-refractivity contribution in [1.29, 1.82) is 0 Å². The molecule has 0 aliphatic carbocycles. The van der Waals surface area contributed by atoms with E-state index in [2.05, 4.69) is 15.6 Å². The molecular weight excluding hydrogens is 378 g/mol. The Hall–Kier alpha value is -3.32. The zero-order chi connectivity index (χ0) is 20.1. The minimum atomic E-state index is -0.595. The van der Waals surface area contributed by atoms with E-state index in [0.717, 1.165) is 11.1 Å². The van der Waals surface area contributed by atoms with E-state index < -0.39 is 12.1 Å². The van der Waals surface area contributed by atoms with E-state index in [-0.39, 0.29) is 5.91 Å². The number of amides is 3. The maximum Gasteiger partial charge on any atom is 0.312 e. The Morgan fingerprint density at radius 1 is 1.14 bits per heavy atom. The van der Waals surface area contributed by atoms with Crippen LogP contribution in [-0.2, 0) is 13.6 Å². The number of halogens is 1. The highest BCUT2D eigenvalue weighted by Crippen LogP contribution is 2.23. The molecule has 4 N–H and O–H groups in total. The minimum Gasteiger partial charge on any atom is -0.352 e. The lowest BCUT2D eigenvalue weighted by Gasteiger charge is -2.19. The topological polar surface area (TPSA) is 102 Å². The zero-order valence-electron chi connectivity index (χ0n) is 15.2. The van der Waals surface area contributed by atoms with Gasteiger partial charge in [-0.25, -0.2) is 9.78 Å². The average molecular weight is 398 g/mol. The van der Waals surface area contributed by atoms with Crippen LogP contribution < -0.4 is 16.4 Å². The first-order chi connectivity index (χ1) is 13.4. The van der Waals surface area contributed by atoms with E-state index in [1.54, 1.807) is 42.6 Å². The monoisotopic (exact) mass is 397 g/mol. The predicted molar refractivity (Wildman–Crippen MR) is 107 cm³/mol. The first-order valence-electron chi connectivity index (χ1n) is 8.60. The van der Waals surface area contributed by atoms with Gasteiger partial charge in [0.15, 0.2) is 0 Å². The highest BCUT2D eigenvalue weighted by molar-refractivity contribution is 6.30. The van der Waals surface area contributed by atoms with Crippen LogP contribution in [0.1, 0.15) is 33.4 Å². The summed E-state index contributed by atoms with van der Waals surface area (Å²) in [5.41, 5.74) is 7.27. The average Bonchev–Trinajstić information content (AvgIpc) is 3.11. The van der Waals surface area contributed by atoms with Gasteiger partial charge in [-0.1, -0.05) is 35.9 Å². The Morgan fingerprint density at radius 3 is 2.39 bits per heavy atom.